The Morgan fingerprint density at radius 2 is 1.70 bits per heavy atom. The van der Waals surface area contributed by atoms with E-state index < -0.39 is 0 Å². The number of likely N-dealkylation sites (tertiary alicyclic amines) is 1. The van der Waals surface area contributed by atoms with Crippen molar-refractivity contribution in [1.29, 1.82) is 0 Å². The second kappa shape index (κ2) is 16.5. The molecular formula is C36H51N. The van der Waals surface area contributed by atoms with E-state index >= 15 is 0 Å². The summed E-state index contributed by atoms with van der Waals surface area (Å²) in [5.74, 6) is 0.910. The summed E-state index contributed by atoms with van der Waals surface area (Å²) in [4.78, 5) is 2.65. The first-order valence-electron chi connectivity index (χ1n) is 15.0. The Balaban J connectivity index is 0.000000405. The maximum atomic E-state index is 4.41. The number of hydrogen-bond acceptors (Lipinski definition) is 1. The highest BCUT2D eigenvalue weighted by Crippen LogP contribution is 2.27. The van der Waals surface area contributed by atoms with Crippen molar-refractivity contribution in [3.05, 3.63) is 101 Å². The van der Waals surface area contributed by atoms with Crippen LogP contribution < -0.4 is 0 Å². The molecule has 0 atom stereocenters. The van der Waals surface area contributed by atoms with Crippen molar-refractivity contribution in [3.63, 3.8) is 0 Å². The Morgan fingerprint density at radius 3 is 2.32 bits per heavy atom. The van der Waals surface area contributed by atoms with Crippen molar-refractivity contribution in [2.45, 2.75) is 91.4 Å². The van der Waals surface area contributed by atoms with Gasteiger partial charge in [0.25, 0.3) is 0 Å². The Kier molecular flexibility index (Phi) is 13.0. The first-order chi connectivity index (χ1) is 18.1. The third-order valence-electron chi connectivity index (χ3n) is 8.04. The lowest BCUT2D eigenvalue weighted by molar-refractivity contribution is 0.191. The van der Waals surface area contributed by atoms with Gasteiger partial charge in [0.2, 0.25) is 0 Å². The van der Waals surface area contributed by atoms with Gasteiger partial charge >= 0.3 is 0 Å². The number of benzene rings is 2. The molecule has 2 aromatic carbocycles. The van der Waals surface area contributed by atoms with Gasteiger partial charge < -0.3 is 0 Å². The number of piperidine rings is 1. The zero-order valence-electron chi connectivity index (χ0n) is 24.0. The lowest BCUT2D eigenvalue weighted by Crippen LogP contribution is -2.35. The third kappa shape index (κ3) is 10.1. The van der Waals surface area contributed by atoms with Gasteiger partial charge in [0.15, 0.2) is 0 Å². The summed E-state index contributed by atoms with van der Waals surface area (Å²) in [6.07, 6.45) is 20.8. The summed E-state index contributed by atoms with van der Waals surface area (Å²) in [6, 6.07) is 17.5. The molecule has 4 rings (SSSR count). The van der Waals surface area contributed by atoms with Crippen molar-refractivity contribution in [3.8, 4) is 0 Å². The van der Waals surface area contributed by atoms with Crippen LogP contribution in [0.5, 0.6) is 0 Å². The van der Waals surface area contributed by atoms with Crippen LogP contribution >= 0.6 is 0 Å². The van der Waals surface area contributed by atoms with Gasteiger partial charge in [-0.25, -0.2) is 0 Å². The topological polar surface area (TPSA) is 3.24 Å². The highest BCUT2D eigenvalue weighted by atomic mass is 15.1. The maximum absolute atomic E-state index is 4.41. The van der Waals surface area contributed by atoms with E-state index in [1.54, 1.807) is 0 Å². The fourth-order valence-corrected chi connectivity index (χ4v) is 5.63. The molecule has 1 nitrogen and oxygen atoms in total. The molecule has 1 saturated heterocycles. The minimum atomic E-state index is 0.910. The van der Waals surface area contributed by atoms with Crippen LogP contribution in [0.1, 0.15) is 94.4 Å². The average Bonchev–Trinajstić information content (AvgIpc) is 2.95. The van der Waals surface area contributed by atoms with Crippen LogP contribution in [0.3, 0.4) is 0 Å². The Hall–Kier alpha value is -2.38. The molecule has 1 heteroatoms. The van der Waals surface area contributed by atoms with Gasteiger partial charge in [-0.2, -0.15) is 0 Å². The van der Waals surface area contributed by atoms with E-state index in [1.165, 1.54) is 97.9 Å². The molecule has 0 spiro atoms. The van der Waals surface area contributed by atoms with Gasteiger partial charge in [-0.1, -0.05) is 107 Å². The van der Waals surface area contributed by atoms with Crippen LogP contribution in [0.2, 0.25) is 0 Å². The zero-order chi connectivity index (χ0) is 26.3. The smallest absolute Gasteiger partial charge is 0.0230 e. The number of allylic oxidation sites excluding steroid dienone is 3. The van der Waals surface area contributed by atoms with Gasteiger partial charge in [-0.3, -0.25) is 4.90 Å². The Morgan fingerprint density at radius 1 is 0.919 bits per heavy atom. The zero-order valence-corrected chi connectivity index (χ0v) is 24.0. The normalized spacial score (nSPS) is 16.1. The van der Waals surface area contributed by atoms with Gasteiger partial charge in [0.05, 0.1) is 0 Å². The van der Waals surface area contributed by atoms with Crippen LogP contribution in [0, 0.1) is 5.92 Å². The molecule has 1 aliphatic carbocycles. The SMILES string of the molecule is C=C(CCCC1CCN(CC2=CCCC=C2)CC1)c1ccc(CCC)c(CC)c1.CCc1ccccc1. The minimum absolute atomic E-state index is 0.910. The highest BCUT2D eigenvalue weighted by Gasteiger charge is 2.19. The van der Waals surface area contributed by atoms with Crippen LogP contribution in [-0.4, -0.2) is 24.5 Å². The molecule has 0 saturated carbocycles. The molecule has 1 aliphatic heterocycles. The van der Waals surface area contributed by atoms with E-state index in [0.29, 0.717) is 0 Å². The summed E-state index contributed by atoms with van der Waals surface area (Å²) in [6.45, 7) is 14.8. The maximum Gasteiger partial charge on any atom is 0.0230 e. The predicted octanol–water partition coefficient (Wildman–Crippen LogP) is 9.62. The van der Waals surface area contributed by atoms with Crippen molar-refractivity contribution in [2.24, 2.45) is 5.92 Å². The Bertz CT molecular complexity index is 989. The molecular weight excluding hydrogens is 446 g/mol. The molecule has 2 aliphatic rings. The average molecular weight is 498 g/mol. The van der Waals surface area contributed by atoms with Gasteiger partial charge in [-0.15, -0.1) is 0 Å². The molecule has 1 fully saturated rings. The molecule has 0 amide bonds. The summed E-state index contributed by atoms with van der Waals surface area (Å²) >= 11 is 0. The fraction of sp³-hybridized carbons (Fsp3) is 0.500. The van der Waals surface area contributed by atoms with Crippen molar-refractivity contribution in [2.75, 3.05) is 19.6 Å². The second-order valence-corrected chi connectivity index (χ2v) is 10.9. The molecule has 37 heavy (non-hydrogen) atoms. The highest BCUT2D eigenvalue weighted by molar-refractivity contribution is 5.64. The lowest BCUT2D eigenvalue weighted by Gasteiger charge is -2.32. The molecule has 1 heterocycles. The first-order valence-corrected chi connectivity index (χ1v) is 15.0. The predicted molar refractivity (Wildman–Crippen MR) is 164 cm³/mol. The van der Waals surface area contributed by atoms with Gasteiger partial charge in [-0.05, 0) is 110 Å². The summed E-state index contributed by atoms with van der Waals surface area (Å²) in [5, 5.41) is 0. The van der Waals surface area contributed by atoms with E-state index in [9.17, 15) is 0 Å². The molecule has 2 aromatic rings. The number of aryl methyl sites for hydroxylation is 3. The van der Waals surface area contributed by atoms with Crippen LogP contribution in [0.4, 0.5) is 0 Å². The molecule has 0 unspecified atom stereocenters. The van der Waals surface area contributed by atoms with Crippen LogP contribution in [-0.2, 0) is 19.3 Å². The van der Waals surface area contributed by atoms with Crippen molar-refractivity contribution < 1.29 is 0 Å². The first kappa shape index (κ1) is 29.2. The van der Waals surface area contributed by atoms with E-state index in [0.717, 1.165) is 31.7 Å². The van der Waals surface area contributed by atoms with E-state index in [2.05, 4.69) is 92.9 Å². The molecule has 0 bridgehead atoms. The van der Waals surface area contributed by atoms with Gasteiger partial charge in [0, 0.05) is 6.54 Å². The number of rotatable bonds is 11. The second-order valence-electron chi connectivity index (χ2n) is 10.9. The quantitative estimate of drug-likeness (QED) is 0.299. The summed E-state index contributed by atoms with van der Waals surface area (Å²) in [7, 11) is 0. The number of hydrogen-bond donors (Lipinski definition) is 0. The third-order valence-corrected chi connectivity index (χ3v) is 8.04. The van der Waals surface area contributed by atoms with Crippen molar-refractivity contribution in [1.82, 2.24) is 4.90 Å². The summed E-state index contributed by atoms with van der Waals surface area (Å²) in [5.41, 5.74) is 8.68. The van der Waals surface area contributed by atoms with Crippen molar-refractivity contribution >= 4 is 5.57 Å². The minimum Gasteiger partial charge on any atom is -0.299 e. The van der Waals surface area contributed by atoms with E-state index in [-0.39, 0.29) is 0 Å². The van der Waals surface area contributed by atoms with Crippen LogP contribution in [0.25, 0.3) is 5.57 Å². The molecule has 200 valence electrons. The Labute approximate surface area is 228 Å². The number of nitrogens with zero attached hydrogens (tertiary/aromatic N) is 1. The lowest BCUT2D eigenvalue weighted by atomic mass is 9.89. The standard InChI is InChI=1S/C28H41N.C8H10/c1-4-10-27-15-16-28(21-26(27)5-2)23(3)11-9-14-24-17-19-29(20-18-24)22-25-12-7-6-8-13-25;1-2-8-6-4-3-5-7-8/h7,12-13,15-16,21,24H,3-6,8-11,14,17-20,22H2,1-2H3;3-7H,2H2,1H3. The fourth-order valence-electron chi connectivity index (χ4n) is 5.63. The monoisotopic (exact) mass is 497 g/mol. The van der Waals surface area contributed by atoms with Gasteiger partial charge in [0.1, 0.15) is 0 Å². The molecule has 0 aromatic heterocycles. The van der Waals surface area contributed by atoms with E-state index in [4.69, 9.17) is 0 Å². The molecule has 0 radical (unpaired) electrons. The largest absolute Gasteiger partial charge is 0.299 e. The summed E-state index contributed by atoms with van der Waals surface area (Å²) < 4.78 is 0. The molecule has 0 N–H and O–H groups in total. The van der Waals surface area contributed by atoms with E-state index in [1.807, 2.05) is 6.07 Å². The van der Waals surface area contributed by atoms with Crippen LogP contribution in [0.15, 0.2) is 78.9 Å².